The Morgan fingerprint density at radius 2 is 1.96 bits per heavy atom. The summed E-state index contributed by atoms with van der Waals surface area (Å²) < 4.78 is 6.06. The second kappa shape index (κ2) is 8.48. The summed E-state index contributed by atoms with van der Waals surface area (Å²) in [6.45, 7) is 6.26. The van der Waals surface area contributed by atoms with Gasteiger partial charge in [-0.3, -0.25) is 4.79 Å². The summed E-state index contributed by atoms with van der Waals surface area (Å²) in [5.74, 6) is 1.05. The normalized spacial score (nSPS) is 20.3. The van der Waals surface area contributed by atoms with Crippen molar-refractivity contribution in [3.63, 3.8) is 0 Å². The number of hydrazone groups is 1. The van der Waals surface area contributed by atoms with E-state index in [4.69, 9.17) is 4.74 Å². The number of nitrogens with one attached hydrogen (secondary N) is 1. The summed E-state index contributed by atoms with van der Waals surface area (Å²) in [5, 5.41) is 9.68. The van der Waals surface area contributed by atoms with Crippen LogP contribution in [0.25, 0.3) is 0 Å². The van der Waals surface area contributed by atoms with Gasteiger partial charge in [0.15, 0.2) is 0 Å². The number of hydrogen-bond acceptors (Lipinski definition) is 4. The van der Waals surface area contributed by atoms with Crippen LogP contribution >= 0.6 is 0 Å². The molecule has 1 amide bonds. The van der Waals surface area contributed by atoms with Gasteiger partial charge in [-0.05, 0) is 69.1 Å². The Balaban J connectivity index is 1.68. The molecular formula is C20H29N3O2. The number of benzene rings is 1. The number of ether oxygens (including phenoxy) is 1. The van der Waals surface area contributed by atoms with Crippen molar-refractivity contribution >= 4 is 11.6 Å². The molecule has 3 rings (SSSR count). The summed E-state index contributed by atoms with van der Waals surface area (Å²) in [6.07, 6.45) is 5.70. The molecule has 1 atom stereocenters. The van der Waals surface area contributed by atoms with E-state index in [9.17, 15) is 4.79 Å². The van der Waals surface area contributed by atoms with E-state index >= 15 is 0 Å². The van der Waals surface area contributed by atoms with Gasteiger partial charge in [-0.25, -0.2) is 5.01 Å². The van der Waals surface area contributed by atoms with Crippen LogP contribution in [0, 0.1) is 0 Å². The van der Waals surface area contributed by atoms with Crippen LogP contribution in [-0.4, -0.2) is 41.9 Å². The third-order valence-corrected chi connectivity index (χ3v) is 4.96. The van der Waals surface area contributed by atoms with Crippen LogP contribution in [0.15, 0.2) is 29.4 Å². The highest BCUT2D eigenvalue weighted by atomic mass is 16.5. The van der Waals surface area contributed by atoms with Crippen molar-refractivity contribution in [3.05, 3.63) is 29.8 Å². The predicted molar refractivity (Wildman–Crippen MR) is 99.9 cm³/mol. The molecule has 0 spiro atoms. The van der Waals surface area contributed by atoms with Gasteiger partial charge in [-0.2, -0.15) is 5.10 Å². The Kier molecular flexibility index (Phi) is 6.08. The van der Waals surface area contributed by atoms with Crippen LogP contribution < -0.4 is 10.1 Å². The smallest absolute Gasteiger partial charge is 0.243 e. The maximum absolute atomic E-state index is 12.2. The molecule has 2 aliphatic heterocycles. The van der Waals surface area contributed by atoms with E-state index in [1.54, 1.807) is 5.01 Å². The van der Waals surface area contributed by atoms with Crippen LogP contribution in [0.3, 0.4) is 0 Å². The molecule has 5 nitrogen and oxygen atoms in total. The Hall–Kier alpha value is -1.88. The Morgan fingerprint density at radius 3 is 2.64 bits per heavy atom. The fourth-order valence-corrected chi connectivity index (χ4v) is 3.49. The Morgan fingerprint density at radius 1 is 1.24 bits per heavy atom. The van der Waals surface area contributed by atoms with Crippen molar-refractivity contribution in [2.45, 2.75) is 64.5 Å². The average Bonchev–Trinajstić information content (AvgIpc) is 2.64. The molecule has 5 heteroatoms. The third kappa shape index (κ3) is 4.60. The molecule has 1 fully saturated rings. The molecule has 2 heterocycles. The minimum Gasteiger partial charge on any atom is -0.490 e. The number of rotatable bonds is 6. The second-order valence-corrected chi connectivity index (χ2v) is 7.01. The van der Waals surface area contributed by atoms with E-state index in [1.807, 2.05) is 12.1 Å². The molecule has 1 saturated heterocycles. The van der Waals surface area contributed by atoms with Crippen molar-refractivity contribution < 1.29 is 9.53 Å². The Bertz CT molecular complexity index is 606. The molecule has 0 radical (unpaired) electrons. The number of carbonyl (C=O) groups is 1. The summed E-state index contributed by atoms with van der Waals surface area (Å²) in [7, 11) is 0. The highest BCUT2D eigenvalue weighted by molar-refractivity contribution is 6.04. The van der Waals surface area contributed by atoms with E-state index in [2.05, 4.69) is 36.4 Å². The van der Waals surface area contributed by atoms with Crippen molar-refractivity contribution in [1.29, 1.82) is 0 Å². The van der Waals surface area contributed by atoms with Gasteiger partial charge in [0.25, 0.3) is 0 Å². The summed E-state index contributed by atoms with van der Waals surface area (Å²) in [6, 6.07) is 8.34. The van der Waals surface area contributed by atoms with Gasteiger partial charge < -0.3 is 10.1 Å². The number of amides is 1. The lowest BCUT2D eigenvalue weighted by molar-refractivity contribution is -0.133. The van der Waals surface area contributed by atoms with Gasteiger partial charge in [-0.15, -0.1) is 0 Å². The van der Waals surface area contributed by atoms with Gasteiger partial charge >= 0.3 is 0 Å². The van der Waals surface area contributed by atoms with E-state index in [0.717, 1.165) is 55.8 Å². The van der Waals surface area contributed by atoms with Crippen LogP contribution in [0.2, 0.25) is 0 Å². The minimum absolute atomic E-state index is 0.135. The first-order valence-electron chi connectivity index (χ1n) is 9.54. The number of nitrogens with zero attached hydrogens (tertiary/aromatic N) is 2. The molecule has 1 aromatic rings. The van der Waals surface area contributed by atoms with Crippen molar-refractivity contribution in [1.82, 2.24) is 10.3 Å². The molecule has 0 aliphatic carbocycles. The molecule has 1 N–H and O–H groups in total. The summed E-state index contributed by atoms with van der Waals surface area (Å²) in [4.78, 5) is 12.2. The maximum Gasteiger partial charge on any atom is 0.243 e. The highest BCUT2D eigenvalue weighted by Gasteiger charge is 2.25. The van der Waals surface area contributed by atoms with Crippen LogP contribution in [0.5, 0.6) is 5.75 Å². The molecule has 0 saturated carbocycles. The molecular weight excluding hydrogens is 314 g/mol. The van der Waals surface area contributed by atoms with Crippen LogP contribution in [0.4, 0.5) is 0 Å². The lowest BCUT2D eigenvalue weighted by atomic mass is 10.0. The molecule has 136 valence electrons. The van der Waals surface area contributed by atoms with Gasteiger partial charge in [0.1, 0.15) is 11.9 Å². The minimum atomic E-state index is 0.135. The summed E-state index contributed by atoms with van der Waals surface area (Å²) in [5.41, 5.74) is 2.08. The monoisotopic (exact) mass is 343 g/mol. The highest BCUT2D eigenvalue weighted by Crippen LogP contribution is 2.22. The Labute approximate surface area is 150 Å². The van der Waals surface area contributed by atoms with Gasteiger partial charge in [0.2, 0.25) is 5.91 Å². The molecule has 1 unspecified atom stereocenters. The fraction of sp³-hybridized carbons (Fsp3) is 0.600. The van der Waals surface area contributed by atoms with Crippen molar-refractivity contribution in [2.24, 2.45) is 5.10 Å². The standard InChI is InChI=1S/C20H29N3O2/c1-3-4-15(2)23-20(24)10-9-19(22-23)16-5-7-17(8-6-16)25-18-11-13-21-14-12-18/h5-8,15,18,21H,3-4,9-14H2,1-2H3. The lowest BCUT2D eigenvalue weighted by Gasteiger charge is -2.29. The first kappa shape index (κ1) is 17.9. The van der Waals surface area contributed by atoms with Crippen LogP contribution in [-0.2, 0) is 4.79 Å². The summed E-state index contributed by atoms with van der Waals surface area (Å²) >= 11 is 0. The number of hydrogen-bond donors (Lipinski definition) is 1. The van der Waals surface area contributed by atoms with Crippen LogP contribution in [0.1, 0.15) is 57.9 Å². The lowest BCUT2D eigenvalue weighted by Crippen LogP contribution is -2.38. The first-order chi connectivity index (χ1) is 12.2. The van der Waals surface area contributed by atoms with Crippen molar-refractivity contribution in [2.75, 3.05) is 13.1 Å². The van der Waals surface area contributed by atoms with Gasteiger partial charge in [0, 0.05) is 12.8 Å². The van der Waals surface area contributed by atoms with Gasteiger partial charge in [-0.1, -0.05) is 13.3 Å². The average molecular weight is 343 g/mol. The molecule has 0 bridgehead atoms. The van der Waals surface area contributed by atoms with E-state index in [0.29, 0.717) is 18.9 Å². The number of carbonyl (C=O) groups excluding carboxylic acids is 1. The van der Waals surface area contributed by atoms with Crippen molar-refractivity contribution in [3.8, 4) is 5.75 Å². The first-order valence-corrected chi connectivity index (χ1v) is 9.54. The quantitative estimate of drug-likeness (QED) is 0.862. The predicted octanol–water partition coefficient (Wildman–Crippen LogP) is 3.33. The van der Waals surface area contributed by atoms with E-state index in [1.165, 1.54) is 0 Å². The zero-order valence-corrected chi connectivity index (χ0v) is 15.3. The molecule has 2 aliphatic rings. The second-order valence-electron chi connectivity index (χ2n) is 7.01. The SMILES string of the molecule is CCCC(C)N1N=C(c2ccc(OC3CCNCC3)cc2)CCC1=O. The number of piperidine rings is 1. The fourth-order valence-electron chi connectivity index (χ4n) is 3.49. The molecule has 1 aromatic carbocycles. The zero-order valence-electron chi connectivity index (χ0n) is 15.3. The topological polar surface area (TPSA) is 53.9 Å². The molecule has 0 aromatic heterocycles. The molecule has 25 heavy (non-hydrogen) atoms. The third-order valence-electron chi connectivity index (χ3n) is 4.96. The van der Waals surface area contributed by atoms with E-state index in [-0.39, 0.29) is 11.9 Å². The largest absolute Gasteiger partial charge is 0.490 e. The van der Waals surface area contributed by atoms with Gasteiger partial charge in [0.05, 0.1) is 11.8 Å². The van der Waals surface area contributed by atoms with E-state index < -0.39 is 0 Å². The zero-order chi connectivity index (χ0) is 17.6. The maximum atomic E-state index is 12.2.